The van der Waals surface area contributed by atoms with Crippen LogP contribution in [0.15, 0.2) is 47.3 Å². The van der Waals surface area contributed by atoms with E-state index in [4.69, 9.17) is 4.74 Å². The number of ketones is 1. The molecule has 1 N–H and O–H groups in total. The molecule has 3 aliphatic rings. The number of aliphatic hydroxyl groups excluding tert-OH is 1. The number of fused-ring (bicyclic) bond motifs is 5. The highest BCUT2D eigenvalue weighted by Crippen LogP contribution is 2.59. The Morgan fingerprint density at radius 2 is 1.76 bits per heavy atom. The Bertz CT molecular complexity index is 1060. The van der Waals surface area contributed by atoms with Crippen molar-refractivity contribution in [3.63, 3.8) is 0 Å². The molecule has 29 heavy (non-hydrogen) atoms. The van der Waals surface area contributed by atoms with Crippen molar-refractivity contribution in [1.29, 1.82) is 0 Å². The Morgan fingerprint density at radius 1 is 1.07 bits per heavy atom. The van der Waals surface area contributed by atoms with E-state index < -0.39 is 0 Å². The Balaban J connectivity index is 1.59. The molecule has 5 nitrogen and oxygen atoms in total. The number of Topliss-reactive ketones (excluding diaryl/α,β-unsaturated/α-hetero) is 1. The predicted molar refractivity (Wildman–Crippen MR) is 110 cm³/mol. The van der Waals surface area contributed by atoms with E-state index in [9.17, 15) is 14.8 Å². The summed E-state index contributed by atoms with van der Waals surface area (Å²) in [6.07, 6.45) is 0.101. The quantitative estimate of drug-likeness (QED) is 0.746. The summed E-state index contributed by atoms with van der Waals surface area (Å²) in [6, 6.07) is 11.4. The van der Waals surface area contributed by atoms with Crippen LogP contribution >= 0.6 is 0 Å². The number of carbonyl (C=O) groups excluding carboxylic acids is 1. The SMILES string of the molecule is Cc1cc(C)c(C2=C(O)[C@@H]3[C@@H]4O[C@@H](C[C@H]4c4ccccc4N=O)[C@@H]3C2=O)c(C)c1. The van der Waals surface area contributed by atoms with Gasteiger partial charge in [0, 0.05) is 5.92 Å². The van der Waals surface area contributed by atoms with Gasteiger partial charge in [-0.25, -0.2) is 0 Å². The van der Waals surface area contributed by atoms with Crippen molar-refractivity contribution in [2.75, 3.05) is 0 Å². The van der Waals surface area contributed by atoms with Crippen LogP contribution in [-0.2, 0) is 9.53 Å². The van der Waals surface area contributed by atoms with E-state index in [-0.39, 0.29) is 41.5 Å². The molecule has 5 atom stereocenters. The number of ether oxygens (including phenoxy) is 1. The van der Waals surface area contributed by atoms with Crippen molar-refractivity contribution in [2.24, 2.45) is 17.0 Å². The van der Waals surface area contributed by atoms with Crippen molar-refractivity contribution >= 4 is 17.0 Å². The van der Waals surface area contributed by atoms with E-state index in [0.29, 0.717) is 17.7 Å². The number of nitrogens with zero attached hydrogens (tertiary/aromatic N) is 1. The molecule has 2 aromatic carbocycles. The molecule has 0 unspecified atom stereocenters. The molecule has 2 saturated heterocycles. The summed E-state index contributed by atoms with van der Waals surface area (Å²) in [6.45, 7) is 5.99. The maximum Gasteiger partial charge on any atom is 0.173 e. The van der Waals surface area contributed by atoms with Gasteiger partial charge < -0.3 is 9.84 Å². The lowest BCUT2D eigenvalue weighted by molar-refractivity contribution is -0.118. The van der Waals surface area contributed by atoms with Crippen molar-refractivity contribution in [3.05, 3.63) is 74.9 Å². The van der Waals surface area contributed by atoms with Crippen LogP contribution in [0, 0.1) is 37.5 Å². The number of hydrogen-bond acceptors (Lipinski definition) is 5. The molecule has 2 aromatic rings. The van der Waals surface area contributed by atoms with Gasteiger partial charge in [-0.1, -0.05) is 35.9 Å². The largest absolute Gasteiger partial charge is 0.511 e. The number of aliphatic hydroxyl groups is 1. The molecule has 0 aromatic heterocycles. The third-order valence-corrected chi connectivity index (χ3v) is 6.84. The molecule has 1 aliphatic carbocycles. The van der Waals surface area contributed by atoms with Crippen LogP contribution in [0.3, 0.4) is 0 Å². The maximum absolute atomic E-state index is 13.4. The minimum absolute atomic E-state index is 0.0182. The molecule has 2 fully saturated rings. The fourth-order valence-electron chi connectivity index (χ4n) is 5.87. The van der Waals surface area contributed by atoms with E-state index >= 15 is 0 Å². The minimum atomic E-state index is -0.360. The normalized spacial score (nSPS) is 30.2. The summed E-state index contributed by atoms with van der Waals surface area (Å²) in [5.41, 5.74) is 5.67. The van der Waals surface area contributed by atoms with Crippen molar-refractivity contribution in [3.8, 4) is 0 Å². The molecule has 5 heteroatoms. The van der Waals surface area contributed by atoms with E-state index in [1.807, 2.05) is 45.0 Å². The van der Waals surface area contributed by atoms with Gasteiger partial charge in [-0.15, -0.1) is 4.91 Å². The first-order valence-corrected chi connectivity index (χ1v) is 10.1. The summed E-state index contributed by atoms with van der Waals surface area (Å²) in [5, 5.41) is 14.4. The number of hydrogen-bond donors (Lipinski definition) is 1. The molecular weight excluding hydrogens is 366 g/mol. The minimum Gasteiger partial charge on any atom is -0.511 e. The summed E-state index contributed by atoms with van der Waals surface area (Å²) in [5.74, 6) is -0.632. The lowest BCUT2D eigenvalue weighted by Gasteiger charge is -2.28. The summed E-state index contributed by atoms with van der Waals surface area (Å²) in [4.78, 5) is 24.6. The van der Waals surface area contributed by atoms with E-state index in [1.54, 1.807) is 12.1 Å². The second-order valence-electron chi connectivity index (χ2n) is 8.58. The first-order chi connectivity index (χ1) is 13.9. The molecule has 2 bridgehead atoms. The average molecular weight is 389 g/mol. The maximum atomic E-state index is 13.4. The summed E-state index contributed by atoms with van der Waals surface area (Å²) in [7, 11) is 0. The molecule has 148 valence electrons. The Hall–Kier alpha value is -2.79. The van der Waals surface area contributed by atoms with Crippen LogP contribution in [0.4, 0.5) is 5.69 Å². The second kappa shape index (κ2) is 6.36. The lowest BCUT2D eigenvalue weighted by Crippen LogP contribution is -2.33. The third kappa shape index (κ3) is 2.47. The van der Waals surface area contributed by atoms with Gasteiger partial charge in [0.25, 0.3) is 0 Å². The molecule has 2 aliphatic heterocycles. The van der Waals surface area contributed by atoms with E-state index in [2.05, 4.69) is 5.18 Å². The van der Waals surface area contributed by atoms with Gasteiger partial charge >= 0.3 is 0 Å². The van der Waals surface area contributed by atoms with Gasteiger partial charge in [0.1, 0.15) is 11.4 Å². The Labute approximate surface area is 169 Å². The van der Waals surface area contributed by atoms with Gasteiger partial charge in [0.15, 0.2) is 5.78 Å². The first-order valence-electron chi connectivity index (χ1n) is 10.1. The van der Waals surface area contributed by atoms with Gasteiger partial charge in [0.05, 0.1) is 29.6 Å². The first kappa shape index (κ1) is 18.3. The molecule has 5 rings (SSSR count). The zero-order chi connectivity index (χ0) is 20.4. The predicted octanol–water partition coefficient (Wildman–Crippen LogP) is 5.05. The lowest BCUT2D eigenvalue weighted by atomic mass is 9.72. The Morgan fingerprint density at radius 3 is 2.45 bits per heavy atom. The van der Waals surface area contributed by atoms with Crippen molar-refractivity contribution < 1.29 is 14.6 Å². The van der Waals surface area contributed by atoms with Gasteiger partial charge in [-0.3, -0.25) is 4.79 Å². The van der Waals surface area contributed by atoms with Gasteiger partial charge in [-0.05, 0) is 60.7 Å². The van der Waals surface area contributed by atoms with Gasteiger partial charge in [0.2, 0.25) is 0 Å². The van der Waals surface area contributed by atoms with Crippen LogP contribution in [0.2, 0.25) is 0 Å². The average Bonchev–Trinajstić information content (AvgIpc) is 3.34. The smallest absolute Gasteiger partial charge is 0.173 e. The number of carbonyl (C=O) groups is 1. The number of benzene rings is 2. The number of nitroso groups, excluding NO2 is 1. The standard InChI is InChI=1S/C24H23NO4/c1-11-8-12(2)18(13(3)9-11)20-22(26)19-17-10-15(24(29-17)21(19)23(20)27)14-6-4-5-7-16(14)25-28/h4-9,15,17,19,21,24,27H,10H2,1-3H3/t15-,17-,19-,21+,24+/m0/s1. The monoisotopic (exact) mass is 389 g/mol. The highest BCUT2D eigenvalue weighted by molar-refractivity contribution is 6.26. The van der Waals surface area contributed by atoms with Gasteiger partial charge in [-0.2, -0.15) is 0 Å². The fourth-order valence-corrected chi connectivity index (χ4v) is 5.87. The Kier molecular flexibility index (Phi) is 4.00. The van der Waals surface area contributed by atoms with E-state index in [1.165, 1.54) is 0 Å². The third-order valence-electron chi connectivity index (χ3n) is 6.84. The zero-order valence-corrected chi connectivity index (χ0v) is 16.7. The number of allylic oxidation sites excluding steroid dienone is 1. The van der Waals surface area contributed by atoms with E-state index in [0.717, 1.165) is 27.8 Å². The van der Waals surface area contributed by atoms with Crippen LogP contribution in [0.25, 0.3) is 5.57 Å². The van der Waals surface area contributed by atoms with Crippen LogP contribution < -0.4 is 0 Å². The summed E-state index contributed by atoms with van der Waals surface area (Å²) >= 11 is 0. The topological polar surface area (TPSA) is 76.0 Å². The number of rotatable bonds is 3. The molecular formula is C24H23NO4. The molecule has 0 radical (unpaired) electrons. The van der Waals surface area contributed by atoms with Crippen LogP contribution in [0.1, 0.15) is 40.2 Å². The molecule has 0 saturated carbocycles. The molecule has 2 heterocycles. The highest BCUT2D eigenvalue weighted by atomic mass is 16.5. The summed E-state index contributed by atoms with van der Waals surface area (Å²) < 4.78 is 6.15. The van der Waals surface area contributed by atoms with Crippen LogP contribution in [0.5, 0.6) is 0 Å². The van der Waals surface area contributed by atoms with Crippen LogP contribution in [-0.4, -0.2) is 23.1 Å². The molecule has 0 amide bonds. The fraction of sp³-hybridized carbons (Fsp3) is 0.375. The molecule has 0 spiro atoms. The van der Waals surface area contributed by atoms with Crippen molar-refractivity contribution in [2.45, 2.75) is 45.3 Å². The second-order valence-corrected chi connectivity index (χ2v) is 8.58. The highest BCUT2D eigenvalue weighted by Gasteiger charge is 2.62. The number of aryl methyl sites for hydroxylation is 3. The van der Waals surface area contributed by atoms with Crippen molar-refractivity contribution in [1.82, 2.24) is 0 Å². The zero-order valence-electron chi connectivity index (χ0n) is 16.7.